The molecule has 47 heavy (non-hydrogen) atoms. The summed E-state index contributed by atoms with van der Waals surface area (Å²) in [5.74, 6) is 0.518. The average molecular weight is 643 g/mol. The lowest BCUT2D eigenvalue weighted by Crippen LogP contribution is -2.57. The van der Waals surface area contributed by atoms with Crippen LogP contribution in [-0.4, -0.2) is 65.8 Å². The molecule has 0 radical (unpaired) electrons. The van der Waals surface area contributed by atoms with Crippen LogP contribution in [0.3, 0.4) is 0 Å². The minimum atomic E-state index is -1.26. The Morgan fingerprint density at radius 3 is 2.32 bits per heavy atom. The van der Waals surface area contributed by atoms with Crippen LogP contribution in [0.25, 0.3) is 12.2 Å². The highest BCUT2D eigenvalue weighted by Gasteiger charge is 2.38. The van der Waals surface area contributed by atoms with Crippen LogP contribution < -0.4 is 19.5 Å². The molecule has 1 atom stereocenters. The number of benzene rings is 3. The Morgan fingerprint density at radius 2 is 1.68 bits per heavy atom. The minimum Gasteiger partial charge on any atom is -0.496 e. The van der Waals surface area contributed by atoms with Crippen LogP contribution in [0.2, 0.25) is 0 Å². The lowest BCUT2D eigenvalue weighted by atomic mass is 9.97. The van der Waals surface area contributed by atoms with Gasteiger partial charge in [-0.2, -0.15) is 0 Å². The van der Waals surface area contributed by atoms with Crippen molar-refractivity contribution in [2.75, 3.05) is 26.1 Å². The van der Waals surface area contributed by atoms with E-state index >= 15 is 0 Å². The van der Waals surface area contributed by atoms with Gasteiger partial charge in [0.1, 0.15) is 28.9 Å². The van der Waals surface area contributed by atoms with Crippen LogP contribution in [0.15, 0.2) is 72.8 Å². The lowest BCUT2D eigenvalue weighted by molar-refractivity contribution is -0.125. The van der Waals surface area contributed by atoms with Crippen molar-refractivity contribution in [2.45, 2.75) is 58.4 Å². The number of carbonyl (C=O) groups excluding carboxylic acids is 2. The number of allylic oxidation sites excluding steroid dienone is 1. The fourth-order valence-electron chi connectivity index (χ4n) is 5.22. The van der Waals surface area contributed by atoms with Gasteiger partial charge in [0, 0.05) is 5.54 Å². The molecule has 3 aromatic carbocycles. The van der Waals surface area contributed by atoms with E-state index in [2.05, 4.69) is 5.32 Å². The molecule has 248 valence electrons. The van der Waals surface area contributed by atoms with Crippen molar-refractivity contribution in [3.63, 3.8) is 0 Å². The van der Waals surface area contributed by atoms with E-state index in [-0.39, 0.29) is 19.0 Å². The Morgan fingerprint density at radius 1 is 1.00 bits per heavy atom. The number of carbonyl (C=O) groups is 3. The topological polar surface area (TPSA) is 124 Å². The van der Waals surface area contributed by atoms with E-state index in [0.717, 1.165) is 10.5 Å². The molecule has 0 aliphatic carbocycles. The van der Waals surface area contributed by atoms with Crippen LogP contribution in [0.1, 0.15) is 61.7 Å². The van der Waals surface area contributed by atoms with Gasteiger partial charge in [-0.15, -0.1) is 0 Å². The van der Waals surface area contributed by atoms with Crippen molar-refractivity contribution in [2.24, 2.45) is 0 Å². The fraction of sp³-hybridized carbons (Fsp3) is 0.324. The number of amides is 2. The van der Waals surface area contributed by atoms with E-state index in [1.54, 1.807) is 64.3 Å². The van der Waals surface area contributed by atoms with Gasteiger partial charge in [0.2, 0.25) is 5.91 Å². The van der Waals surface area contributed by atoms with Gasteiger partial charge in [-0.25, -0.2) is 4.79 Å². The number of ketones is 1. The number of nitrogens with zero attached hydrogens (tertiary/aromatic N) is 1. The summed E-state index contributed by atoms with van der Waals surface area (Å²) in [5.41, 5.74) is 1.35. The number of hydrogen-bond donors (Lipinski definition) is 2. The molecule has 0 fully saturated rings. The van der Waals surface area contributed by atoms with Gasteiger partial charge in [0.15, 0.2) is 5.78 Å². The van der Waals surface area contributed by atoms with E-state index in [1.165, 1.54) is 13.2 Å². The number of methoxy groups -OCH3 is 2. The van der Waals surface area contributed by atoms with Gasteiger partial charge in [-0.05, 0) is 88.2 Å². The summed E-state index contributed by atoms with van der Waals surface area (Å²) in [6, 6.07) is 16.7. The molecule has 10 heteroatoms. The molecule has 1 aliphatic heterocycles. The van der Waals surface area contributed by atoms with Crippen LogP contribution in [-0.2, 0) is 16.1 Å². The Labute approximate surface area is 275 Å². The molecule has 2 amide bonds. The monoisotopic (exact) mass is 642 g/mol. The van der Waals surface area contributed by atoms with Crippen molar-refractivity contribution in [1.82, 2.24) is 4.90 Å². The molecule has 3 aromatic rings. The molecule has 4 rings (SSSR count). The second-order valence-corrected chi connectivity index (χ2v) is 12.6. The predicted octanol–water partition coefficient (Wildman–Crippen LogP) is 7.09. The summed E-state index contributed by atoms with van der Waals surface area (Å²) in [6.45, 7) is 8.97. The molecule has 0 aromatic heterocycles. The number of rotatable bonds is 12. The zero-order valence-electron chi connectivity index (χ0n) is 27.8. The largest absolute Gasteiger partial charge is 0.496 e. The summed E-state index contributed by atoms with van der Waals surface area (Å²) in [5, 5.41) is 12.9. The van der Waals surface area contributed by atoms with Gasteiger partial charge in [0.25, 0.3) is 0 Å². The first-order valence-corrected chi connectivity index (χ1v) is 15.2. The highest BCUT2D eigenvalue weighted by molar-refractivity contribution is 6.09. The van der Waals surface area contributed by atoms with E-state index in [0.29, 0.717) is 39.6 Å². The number of carboxylic acid groups (broad SMARTS) is 1. The molecule has 1 heterocycles. The maximum Gasteiger partial charge on any atom is 0.408 e. The Bertz CT molecular complexity index is 1670. The Balaban J connectivity index is 1.59. The van der Waals surface area contributed by atoms with E-state index in [1.807, 2.05) is 56.3 Å². The quantitative estimate of drug-likeness (QED) is 0.159. The third kappa shape index (κ3) is 8.59. The van der Waals surface area contributed by atoms with Gasteiger partial charge in [0.05, 0.1) is 44.2 Å². The first kappa shape index (κ1) is 34.8. The number of ether oxygens (including phenoxy) is 4. The van der Waals surface area contributed by atoms with Crippen LogP contribution >= 0.6 is 0 Å². The minimum absolute atomic E-state index is 0.180. The fourth-order valence-corrected chi connectivity index (χ4v) is 5.22. The first-order valence-electron chi connectivity index (χ1n) is 15.2. The van der Waals surface area contributed by atoms with Crippen LogP contribution in [0.4, 0.5) is 10.5 Å². The van der Waals surface area contributed by atoms with Crippen LogP contribution in [0, 0.1) is 0 Å². The molecular weight excluding hydrogens is 600 g/mol. The second kappa shape index (κ2) is 14.6. The molecule has 1 unspecified atom stereocenters. The number of nitrogens with one attached hydrogen (secondary N) is 1. The SMILES string of the molecule is COc1ccc(/C=C/C(=O)c2ccc(OC)c3c2OC(C)(C)C=C3)cc1NC(=O)C(COCc1ccccc1)N(C(=O)O)C(C)(C)C. The summed E-state index contributed by atoms with van der Waals surface area (Å²) in [7, 11) is 3.03. The van der Waals surface area contributed by atoms with Gasteiger partial charge in [-0.3, -0.25) is 14.5 Å². The normalized spacial score (nSPS) is 14.1. The van der Waals surface area contributed by atoms with Crippen molar-refractivity contribution in [3.05, 3.63) is 95.1 Å². The molecule has 0 saturated heterocycles. The maximum absolute atomic E-state index is 13.8. The van der Waals surface area contributed by atoms with Gasteiger partial charge in [-0.1, -0.05) is 42.5 Å². The molecule has 0 saturated carbocycles. The van der Waals surface area contributed by atoms with E-state index in [4.69, 9.17) is 18.9 Å². The number of anilines is 1. The van der Waals surface area contributed by atoms with Gasteiger partial charge >= 0.3 is 6.09 Å². The molecular formula is C37H42N2O8. The molecule has 2 N–H and O–H groups in total. The highest BCUT2D eigenvalue weighted by atomic mass is 16.5. The summed E-state index contributed by atoms with van der Waals surface area (Å²) < 4.78 is 23.0. The van der Waals surface area contributed by atoms with E-state index < -0.39 is 29.2 Å². The van der Waals surface area contributed by atoms with Crippen molar-refractivity contribution < 1.29 is 38.4 Å². The molecule has 0 bridgehead atoms. The molecule has 0 spiro atoms. The summed E-state index contributed by atoms with van der Waals surface area (Å²) >= 11 is 0. The Hall–Kier alpha value is -5.09. The second-order valence-electron chi connectivity index (χ2n) is 12.6. The Kier molecular flexibility index (Phi) is 10.8. The first-order chi connectivity index (χ1) is 22.2. The van der Waals surface area contributed by atoms with Crippen molar-refractivity contribution in [1.29, 1.82) is 0 Å². The predicted molar refractivity (Wildman–Crippen MR) is 181 cm³/mol. The zero-order valence-corrected chi connectivity index (χ0v) is 27.8. The van der Waals surface area contributed by atoms with Crippen LogP contribution in [0.5, 0.6) is 17.2 Å². The van der Waals surface area contributed by atoms with Crippen molar-refractivity contribution in [3.8, 4) is 17.2 Å². The number of hydrogen-bond acceptors (Lipinski definition) is 7. The van der Waals surface area contributed by atoms with E-state index in [9.17, 15) is 19.5 Å². The lowest BCUT2D eigenvalue weighted by Gasteiger charge is -2.38. The molecule has 1 aliphatic rings. The average Bonchev–Trinajstić information content (AvgIpc) is 3.01. The standard InChI is InChI=1S/C37H42N2O8/c1-36(2,3)39(35(42)43)29(23-46-22-25-11-9-8-10-12-25)34(41)38-28-21-24(14-17-32(28)45-7)13-16-30(40)26-15-18-31(44-6)27-19-20-37(4,5)47-33(26)27/h8-21,29H,22-23H2,1-7H3,(H,38,41)(H,42,43)/b16-13+. The maximum atomic E-state index is 13.8. The van der Waals surface area contributed by atoms with Crippen molar-refractivity contribution >= 4 is 35.6 Å². The highest BCUT2D eigenvalue weighted by Crippen LogP contribution is 2.40. The third-order valence-electron chi connectivity index (χ3n) is 7.50. The summed E-state index contributed by atoms with van der Waals surface area (Å²) in [4.78, 5) is 40.6. The van der Waals surface area contributed by atoms with Gasteiger partial charge < -0.3 is 29.4 Å². The number of fused-ring (bicyclic) bond motifs is 1. The smallest absolute Gasteiger partial charge is 0.408 e. The summed E-state index contributed by atoms with van der Waals surface area (Å²) in [6.07, 6.45) is 5.59. The molecule has 10 nitrogen and oxygen atoms in total. The zero-order chi connectivity index (χ0) is 34.4. The third-order valence-corrected chi connectivity index (χ3v) is 7.50.